The van der Waals surface area contributed by atoms with Crippen molar-refractivity contribution in [2.45, 2.75) is 33.7 Å². The second kappa shape index (κ2) is 11.4. The molecule has 4 aromatic rings. The molecule has 1 aliphatic heterocycles. The second-order valence-corrected chi connectivity index (χ2v) is 10.1. The van der Waals surface area contributed by atoms with E-state index >= 15 is 0 Å². The Labute approximate surface area is 227 Å². The van der Waals surface area contributed by atoms with Crippen LogP contribution in [-0.4, -0.2) is 38.3 Å². The first kappa shape index (κ1) is 25.9. The number of allylic oxidation sites excluding steroid dienone is 2. The smallest absolute Gasteiger partial charge is 0.260 e. The van der Waals surface area contributed by atoms with Crippen LogP contribution in [0.2, 0.25) is 5.02 Å². The van der Waals surface area contributed by atoms with Gasteiger partial charge in [0, 0.05) is 57.9 Å². The normalized spacial score (nSPS) is 16.9. The van der Waals surface area contributed by atoms with Gasteiger partial charge >= 0.3 is 0 Å². The quantitative estimate of drug-likeness (QED) is 0.295. The summed E-state index contributed by atoms with van der Waals surface area (Å²) in [6, 6.07) is 11.4. The Kier molecular flexibility index (Phi) is 7.77. The van der Waals surface area contributed by atoms with Crippen molar-refractivity contribution < 1.29 is 0 Å². The molecule has 194 valence electrons. The van der Waals surface area contributed by atoms with Gasteiger partial charge in [0.1, 0.15) is 5.65 Å². The Hall–Kier alpha value is -3.68. The number of aryl methyl sites for hydroxylation is 1. The Morgan fingerprint density at radius 1 is 1.24 bits per heavy atom. The van der Waals surface area contributed by atoms with E-state index in [1.54, 1.807) is 23.2 Å². The molecule has 2 atom stereocenters. The van der Waals surface area contributed by atoms with Crippen LogP contribution in [0.5, 0.6) is 0 Å². The summed E-state index contributed by atoms with van der Waals surface area (Å²) in [5, 5.41) is 4.67. The Bertz CT molecular complexity index is 1570. The van der Waals surface area contributed by atoms with E-state index in [1.807, 2.05) is 56.3 Å². The minimum absolute atomic E-state index is 0.153. The average molecular weight is 527 g/mol. The highest BCUT2D eigenvalue weighted by Gasteiger charge is 2.19. The number of fused-ring (bicyclic) bond motifs is 1. The first-order valence-corrected chi connectivity index (χ1v) is 13.4. The fraction of sp³-hybridized carbons (Fsp3) is 0.300. The maximum absolute atomic E-state index is 13.5. The lowest BCUT2D eigenvalue weighted by Crippen LogP contribution is -2.22. The van der Waals surface area contributed by atoms with Gasteiger partial charge in [0.2, 0.25) is 0 Å². The fourth-order valence-corrected chi connectivity index (χ4v) is 5.19. The number of aromatic nitrogens is 4. The molecule has 0 aliphatic carbocycles. The van der Waals surface area contributed by atoms with E-state index in [2.05, 4.69) is 38.3 Å². The molecule has 4 heterocycles. The van der Waals surface area contributed by atoms with Crippen molar-refractivity contribution in [3.05, 3.63) is 82.5 Å². The zero-order valence-electron chi connectivity index (χ0n) is 21.9. The number of nitrogens with one attached hydrogen (secondary N) is 1. The predicted molar refractivity (Wildman–Crippen MR) is 155 cm³/mol. The highest BCUT2D eigenvalue weighted by molar-refractivity contribution is 6.33. The van der Waals surface area contributed by atoms with Gasteiger partial charge in [0.05, 0.1) is 0 Å². The van der Waals surface area contributed by atoms with Crippen LogP contribution in [0.1, 0.15) is 27.2 Å². The topological polar surface area (TPSA) is 85.1 Å². The predicted octanol–water partition coefficient (Wildman–Crippen LogP) is 6.09. The van der Waals surface area contributed by atoms with Crippen LogP contribution < -0.4 is 10.9 Å². The van der Waals surface area contributed by atoms with Crippen LogP contribution in [0.3, 0.4) is 0 Å². The number of pyridine rings is 2. The van der Waals surface area contributed by atoms with Crippen LogP contribution >= 0.6 is 11.6 Å². The van der Waals surface area contributed by atoms with Gasteiger partial charge in [-0.05, 0) is 75.0 Å². The number of hydrogen-bond acceptors (Lipinski definition) is 6. The summed E-state index contributed by atoms with van der Waals surface area (Å²) < 4.78 is 1.65. The molecule has 1 fully saturated rings. The van der Waals surface area contributed by atoms with Crippen LogP contribution in [0.25, 0.3) is 33.3 Å². The Morgan fingerprint density at radius 3 is 2.82 bits per heavy atom. The fourth-order valence-electron chi connectivity index (χ4n) is 4.91. The lowest BCUT2D eigenvalue weighted by atomic mass is 9.93. The van der Waals surface area contributed by atoms with Gasteiger partial charge in [-0.25, -0.2) is 9.98 Å². The lowest BCUT2D eigenvalue weighted by Gasteiger charge is -2.13. The van der Waals surface area contributed by atoms with Gasteiger partial charge in [-0.2, -0.15) is 4.98 Å². The van der Waals surface area contributed by atoms with E-state index in [9.17, 15) is 4.79 Å². The standard InChI is InChI=1S/C30H31ClN6O/c1-4-37-28-24(18-34-30(36-28)35-20(3)8-7-19(2)22-11-13-33-16-22)14-26(29(37)38)25-10-9-21(15-27(25)31)23-6-5-12-32-17-23/h5-10,12,14-15,17-19,22,33H,4,11,13,16H2,1-3H3/b8-7-,35-20?. The number of benzene rings is 1. The Morgan fingerprint density at radius 2 is 2.11 bits per heavy atom. The summed E-state index contributed by atoms with van der Waals surface area (Å²) in [5.41, 5.74) is 4.31. The van der Waals surface area contributed by atoms with Crippen LogP contribution in [0.4, 0.5) is 5.95 Å². The minimum atomic E-state index is -0.153. The highest BCUT2D eigenvalue weighted by Crippen LogP contribution is 2.32. The molecule has 0 bridgehead atoms. The third-order valence-corrected chi connectivity index (χ3v) is 7.46. The third-order valence-electron chi connectivity index (χ3n) is 7.14. The zero-order valence-corrected chi connectivity index (χ0v) is 22.6. The summed E-state index contributed by atoms with van der Waals surface area (Å²) in [6.07, 6.45) is 10.7. The summed E-state index contributed by atoms with van der Waals surface area (Å²) in [7, 11) is 0. The van der Waals surface area contributed by atoms with Crippen molar-refractivity contribution in [1.29, 1.82) is 0 Å². The molecule has 1 N–H and O–H groups in total. The molecular formula is C30H31ClN6O. The molecule has 5 rings (SSSR count). The number of hydrogen-bond donors (Lipinski definition) is 1. The van der Waals surface area contributed by atoms with Gasteiger partial charge in [0.25, 0.3) is 11.5 Å². The molecular weight excluding hydrogens is 496 g/mol. The first-order chi connectivity index (χ1) is 18.4. The molecule has 1 saturated heterocycles. The number of aliphatic imine (C=N–C) groups is 1. The van der Waals surface area contributed by atoms with Crippen LogP contribution in [0, 0.1) is 11.8 Å². The average Bonchev–Trinajstić information content (AvgIpc) is 3.48. The molecule has 7 nitrogen and oxygen atoms in total. The number of rotatable bonds is 7. The lowest BCUT2D eigenvalue weighted by molar-refractivity contribution is 0.460. The maximum Gasteiger partial charge on any atom is 0.260 e. The van der Waals surface area contributed by atoms with E-state index in [4.69, 9.17) is 11.6 Å². The van der Waals surface area contributed by atoms with E-state index in [1.165, 1.54) is 6.42 Å². The Balaban J connectivity index is 1.47. The van der Waals surface area contributed by atoms with Gasteiger partial charge in [-0.3, -0.25) is 14.3 Å². The number of halogens is 1. The van der Waals surface area contributed by atoms with Gasteiger partial charge in [-0.15, -0.1) is 0 Å². The van der Waals surface area contributed by atoms with E-state index in [0.29, 0.717) is 46.1 Å². The summed E-state index contributed by atoms with van der Waals surface area (Å²) in [5.74, 6) is 1.47. The second-order valence-electron chi connectivity index (χ2n) is 9.72. The summed E-state index contributed by atoms with van der Waals surface area (Å²) in [4.78, 5) is 31.4. The molecule has 8 heteroatoms. The van der Waals surface area contributed by atoms with Crippen molar-refractivity contribution in [2.75, 3.05) is 13.1 Å². The van der Waals surface area contributed by atoms with Crippen molar-refractivity contribution in [1.82, 2.24) is 24.8 Å². The van der Waals surface area contributed by atoms with Crippen molar-refractivity contribution in [2.24, 2.45) is 16.8 Å². The van der Waals surface area contributed by atoms with Crippen molar-refractivity contribution in [3.8, 4) is 22.3 Å². The largest absolute Gasteiger partial charge is 0.316 e. The van der Waals surface area contributed by atoms with Gasteiger partial charge in [-0.1, -0.05) is 42.8 Å². The SMILES string of the molecule is CCn1c(=O)c(-c2ccc(-c3cccnc3)cc2Cl)cc2cnc(N=C(C)/C=C\C(C)C3CCNC3)nc21. The highest BCUT2D eigenvalue weighted by atomic mass is 35.5. The molecule has 0 radical (unpaired) electrons. The molecule has 1 aromatic carbocycles. The molecule has 0 spiro atoms. The van der Waals surface area contributed by atoms with E-state index < -0.39 is 0 Å². The maximum atomic E-state index is 13.5. The van der Waals surface area contributed by atoms with Gasteiger partial charge < -0.3 is 5.32 Å². The van der Waals surface area contributed by atoms with Crippen molar-refractivity contribution >= 4 is 34.3 Å². The van der Waals surface area contributed by atoms with Crippen LogP contribution in [-0.2, 0) is 6.54 Å². The zero-order chi connectivity index (χ0) is 26.6. The van der Waals surface area contributed by atoms with Gasteiger partial charge in [0.15, 0.2) is 0 Å². The molecule has 1 aliphatic rings. The minimum Gasteiger partial charge on any atom is -0.316 e. The summed E-state index contributed by atoms with van der Waals surface area (Å²) in [6.45, 7) is 8.72. The molecule has 38 heavy (non-hydrogen) atoms. The third kappa shape index (κ3) is 5.44. The van der Waals surface area contributed by atoms with Crippen molar-refractivity contribution in [3.63, 3.8) is 0 Å². The van der Waals surface area contributed by atoms with E-state index in [-0.39, 0.29) is 5.56 Å². The monoisotopic (exact) mass is 526 g/mol. The number of nitrogens with zero attached hydrogens (tertiary/aromatic N) is 5. The molecule has 0 amide bonds. The molecule has 2 unspecified atom stereocenters. The first-order valence-electron chi connectivity index (χ1n) is 13.0. The molecule has 3 aromatic heterocycles. The summed E-state index contributed by atoms with van der Waals surface area (Å²) >= 11 is 6.68. The van der Waals surface area contributed by atoms with E-state index in [0.717, 1.165) is 35.3 Å². The molecule has 0 saturated carbocycles. The van der Waals surface area contributed by atoms with Crippen LogP contribution in [0.15, 0.2) is 76.9 Å².